The average Bonchev–Trinajstić information content (AvgIpc) is 2.40. The molecule has 2 aromatic rings. The van der Waals surface area contributed by atoms with Gasteiger partial charge in [-0.3, -0.25) is 5.41 Å². The molecule has 2 rings (SSSR count). The number of ether oxygens (including phenoxy) is 1. The van der Waals surface area contributed by atoms with Gasteiger partial charge in [-0.05, 0) is 35.7 Å². The van der Waals surface area contributed by atoms with Crippen molar-refractivity contribution in [3.05, 3.63) is 53.9 Å². The molecule has 98 valence electrons. The van der Waals surface area contributed by atoms with E-state index >= 15 is 0 Å². The molecule has 19 heavy (non-hydrogen) atoms. The maximum absolute atomic E-state index is 7.27. The summed E-state index contributed by atoms with van der Waals surface area (Å²) >= 11 is 0. The number of pyridine rings is 1. The van der Waals surface area contributed by atoms with Crippen LogP contribution in [-0.4, -0.2) is 10.8 Å². The smallest absolute Gasteiger partial charge is 0.145 e. The van der Waals surface area contributed by atoms with Gasteiger partial charge < -0.3 is 10.5 Å². The molecule has 0 aliphatic rings. The highest BCUT2D eigenvalue weighted by atomic mass is 16.5. The Morgan fingerprint density at radius 3 is 2.21 bits per heavy atom. The van der Waals surface area contributed by atoms with Gasteiger partial charge in [0, 0.05) is 0 Å². The van der Waals surface area contributed by atoms with Gasteiger partial charge in [0.05, 0.1) is 6.20 Å². The summed E-state index contributed by atoms with van der Waals surface area (Å²) < 4.78 is 5.67. The van der Waals surface area contributed by atoms with Crippen LogP contribution < -0.4 is 10.5 Å². The van der Waals surface area contributed by atoms with Crippen LogP contribution in [0.2, 0.25) is 0 Å². The largest absolute Gasteiger partial charge is 0.456 e. The van der Waals surface area contributed by atoms with Gasteiger partial charge in [0.1, 0.15) is 23.0 Å². The van der Waals surface area contributed by atoms with Crippen molar-refractivity contribution in [1.29, 1.82) is 5.41 Å². The zero-order chi connectivity index (χ0) is 13.8. The number of hydrogen-bond acceptors (Lipinski definition) is 3. The summed E-state index contributed by atoms with van der Waals surface area (Å²) in [5.41, 5.74) is 7.06. The summed E-state index contributed by atoms with van der Waals surface area (Å²) in [6.07, 6.45) is 1.56. The van der Waals surface area contributed by atoms with E-state index in [1.807, 2.05) is 12.1 Å². The fraction of sp³-hybridized carbons (Fsp3) is 0.200. The van der Waals surface area contributed by atoms with Gasteiger partial charge in [-0.1, -0.05) is 26.0 Å². The van der Waals surface area contributed by atoms with Crippen LogP contribution in [0.15, 0.2) is 42.6 Å². The molecule has 0 radical (unpaired) electrons. The van der Waals surface area contributed by atoms with Gasteiger partial charge >= 0.3 is 0 Å². The predicted molar refractivity (Wildman–Crippen MR) is 75.9 cm³/mol. The normalized spacial score (nSPS) is 10.5. The molecular weight excluding hydrogens is 238 g/mol. The van der Waals surface area contributed by atoms with Crippen molar-refractivity contribution in [3.8, 4) is 11.5 Å². The molecule has 3 N–H and O–H groups in total. The molecule has 0 saturated heterocycles. The van der Waals surface area contributed by atoms with E-state index in [4.69, 9.17) is 15.9 Å². The number of nitrogens with one attached hydrogen (secondary N) is 1. The standard InChI is InChI=1S/C15H17N3O/c1-10(2)11-3-5-12(6-4-11)19-13-7-8-14(15(16)17)18-9-13/h3-10H,1-2H3,(H3,16,17). The minimum Gasteiger partial charge on any atom is -0.456 e. The molecule has 0 atom stereocenters. The highest BCUT2D eigenvalue weighted by molar-refractivity contribution is 5.92. The second-order valence-corrected chi connectivity index (χ2v) is 4.62. The molecule has 1 aromatic carbocycles. The van der Waals surface area contributed by atoms with E-state index < -0.39 is 0 Å². The van der Waals surface area contributed by atoms with Crippen molar-refractivity contribution in [2.24, 2.45) is 5.73 Å². The van der Waals surface area contributed by atoms with Crippen molar-refractivity contribution in [2.75, 3.05) is 0 Å². The van der Waals surface area contributed by atoms with Crippen LogP contribution in [0.1, 0.15) is 31.0 Å². The monoisotopic (exact) mass is 255 g/mol. The summed E-state index contributed by atoms with van der Waals surface area (Å²) in [5, 5.41) is 7.27. The molecule has 0 unspecified atom stereocenters. The lowest BCUT2D eigenvalue weighted by atomic mass is 10.0. The second kappa shape index (κ2) is 5.52. The molecule has 0 aliphatic heterocycles. The number of rotatable bonds is 4. The highest BCUT2D eigenvalue weighted by Crippen LogP contribution is 2.23. The van der Waals surface area contributed by atoms with Crippen LogP contribution in [-0.2, 0) is 0 Å². The number of benzene rings is 1. The molecule has 0 amide bonds. The van der Waals surface area contributed by atoms with Gasteiger partial charge in [-0.15, -0.1) is 0 Å². The lowest BCUT2D eigenvalue weighted by Crippen LogP contribution is -2.12. The number of aromatic nitrogens is 1. The first-order valence-corrected chi connectivity index (χ1v) is 6.14. The van der Waals surface area contributed by atoms with Crippen LogP contribution in [0.5, 0.6) is 11.5 Å². The third kappa shape index (κ3) is 3.31. The quantitative estimate of drug-likeness (QED) is 0.650. The third-order valence-corrected chi connectivity index (χ3v) is 2.79. The first-order chi connectivity index (χ1) is 9.06. The van der Waals surface area contributed by atoms with Crippen LogP contribution in [0.3, 0.4) is 0 Å². The summed E-state index contributed by atoms with van der Waals surface area (Å²) in [7, 11) is 0. The van der Waals surface area contributed by atoms with Crippen LogP contribution >= 0.6 is 0 Å². The molecular formula is C15H17N3O. The Balaban J connectivity index is 2.10. The van der Waals surface area contributed by atoms with E-state index in [2.05, 4.69) is 31.0 Å². The molecule has 0 spiro atoms. The van der Waals surface area contributed by atoms with E-state index in [1.54, 1.807) is 18.3 Å². The second-order valence-electron chi connectivity index (χ2n) is 4.62. The van der Waals surface area contributed by atoms with Gasteiger partial charge in [-0.25, -0.2) is 4.98 Å². The number of nitrogen functional groups attached to an aromatic ring is 1. The minimum atomic E-state index is -0.0483. The Labute approximate surface area is 112 Å². The Bertz CT molecular complexity index is 559. The first-order valence-electron chi connectivity index (χ1n) is 6.14. The molecule has 0 fully saturated rings. The van der Waals surface area contributed by atoms with E-state index in [0.29, 0.717) is 17.4 Å². The Morgan fingerprint density at radius 1 is 1.11 bits per heavy atom. The fourth-order valence-corrected chi connectivity index (χ4v) is 1.66. The molecule has 4 nitrogen and oxygen atoms in total. The number of hydrogen-bond donors (Lipinski definition) is 2. The minimum absolute atomic E-state index is 0.0483. The number of nitrogens with zero attached hydrogens (tertiary/aromatic N) is 1. The zero-order valence-electron chi connectivity index (χ0n) is 11.1. The van der Waals surface area contributed by atoms with Crippen molar-refractivity contribution in [3.63, 3.8) is 0 Å². The maximum atomic E-state index is 7.27. The van der Waals surface area contributed by atoms with Gasteiger partial charge in [0.15, 0.2) is 0 Å². The van der Waals surface area contributed by atoms with E-state index in [1.165, 1.54) is 5.56 Å². The van der Waals surface area contributed by atoms with E-state index in [-0.39, 0.29) is 5.84 Å². The van der Waals surface area contributed by atoms with Crippen molar-refractivity contribution >= 4 is 5.84 Å². The van der Waals surface area contributed by atoms with E-state index in [0.717, 1.165) is 5.75 Å². The first kappa shape index (κ1) is 13.1. The molecule has 1 aromatic heterocycles. The summed E-state index contributed by atoms with van der Waals surface area (Å²) in [6.45, 7) is 4.31. The Kier molecular flexibility index (Phi) is 3.80. The highest BCUT2D eigenvalue weighted by Gasteiger charge is 2.02. The molecule has 0 aliphatic carbocycles. The molecule has 0 saturated carbocycles. The summed E-state index contributed by atoms with van der Waals surface area (Å²) in [4.78, 5) is 4.05. The lowest BCUT2D eigenvalue weighted by molar-refractivity contribution is 0.480. The SMILES string of the molecule is CC(C)c1ccc(Oc2ccc(C(=N)N)nc2)cc1. The topological polar surface area (TPSA) is 72.0 Å². The van der Waals surface area contributed by atoms with Crippen LogP contribution in [0.25, 0.3) is 0 Å². The Hall–Kier alpha value is -2.36. The van der Waals surface area contributed by atoms with Crippen molar-refractivity contribution < 1.29 is 4.74 Å². The summed E-state index contributed by atoms with van der Waals surface area (Å²) in [5.74, 6) is 1.85. The number of nitrogens with two attached hydrogens (primary N) is 1. The molecule has 1 heterocycles. The third-order valence-electron chi connectivity index (χ3n) is 2.79. The predicted octanol–water partition coefficient (Wildman–Crippen LogP) is 3.28. The van der Waals surface area contributed by atoms with Crippen molar-refractivity contribution in [1.82, 2.24) is 4.98 Å². The van der Waals surface area contributed by atoms with Gasteiger partial charge in [0.25, 0.3) is 0 Å². The maximum Gasteiger partial charge on any atom is 0.145 e. The average molecular weight is 255 g/mol. The Morgan fingerprint density at radius 2 is 1.74 bits per heavy atom. The van der Waals surface area contributed by atoms with E-state index in [9.17, 15) is 0 Å². The van der Waals surface area contributed by atoms with Crippen LogP contribution in [0.4, 0.5) is 0 Å². The van der Waals surface area contributed by atoms with Crippen LogP contribution in [0, 0.1) is 5.41 Å². The van der Waals surface area contributed by atoms with Crippen molar-refractivity contribution in [2.45, 2.75) is 19.8 Å². The van der Waals surface area contributed by atoms with Gasteiger partial charge in [-0.2, -0.15) is 0 Å². The van der Waals surface area contributed by atoms with Gasteiger partial charge in [0.2, 0.25) is 0 Å². The zero-order valence-corrected chi connectivity index (χ0v) is 11.1. The molecule has 0 bridgehead atoms. The number of amidine groups is 1. The lowest BCUT2D eigenvalue weighted by Gasteiger charge is -2.08. The fourth-order valence-electron chi connectivity index (χ4n) is 1.66. The summed E-state index contributed by atoms with van der Waals surface area (Å²) in [6, 6.07) is 11.4. The molecule has 4 heteroatoms.